The molecule has 8 nitrogen and oxygen atoms in total. The van der Waals surface area contributed by atoms with Gasteiger partial charge in [0.1, 0.15) is 11.4 Å². The van der Waals surface area contributed by atoms with Gasteiger partial charge in [0.2, 0.25) is 0 Å². The molecule has 9 heteroatoms. The van der Waals surface area contributed by atoms with E-state index < -0.39 is 20.8 Å². The summed E-state index contributed by atoms with van der Waals surface area (Å²) >= 11 is 0. The molecule has 0 saturated carbocycles. The molecule has 128 valence electrons. The maximum Gasteiger partial charge on any atom is 0.294 e. The third kappa shape index (κ3) is 3.23. The molecule has 3 aromatic carbocycles. The molecule has 0 unspecified atom stereocenters. The quantitative estimate of drug-likeness (QED) is 0.244. The standard InChI is InChI=1S/C16H13N3O5S/c17-12-7-10(25(22,23)24)8-14(16(12)21)19-18-13-6-5-9-3-1-2-4-11(9)15(13)20/h1-8,20-21H,17H2,(H,22,23,24). The highest BCUT2D eigenvalue weighted by Gasteiger charge is 2.16. The number of nitrogen functional groups attached to an aromatic ring is 1. The molecule has 3 aromatic rings. The van der Waals surface area contributed by atoms with Gasteiger partial charge in [0.15, 0.2) is 11.5 Å². The van der Waals surface area contributed by atoms with Crippen molar-refractivity contribution in [1.82, 2.24) is 0 Å². The predicted molar refractivity (Wildman–Crippen MR) is 92.1 cm³/mol. The Morgan fingerprint density at radius 3 is 2.28 bits per heavy atom. The third-order valence-electron chi connectivity index (χ3n) is 3.54. The number of hydrogen-bond donors (Lipinski definition) is 4. The molecule has 0 aliphatic heterocycles. The van der Waals surface area contributed by atoms with Crippen LogP contribution in [-0.2, 0) is 10.1 Å². The Labute approximate surface area is 142 Å². The van der Waals surface area contributed by atoms with Crippen LogP contribution in [0.4, 0.5) is 17.1 Å². The Balaban J connectivity index is 2.08. The van der Waals surface area contributed by atoms with Crippen LogP contribution < -0.4 is 5.73 Å². The summed E-state index contributed by atoms with van der Waals surface area (Å²) in [6.07, 6.45) is 0. The Kier molecular flexibility index (Phi) is 4.03. The molecule has 0 aromatic heterocycles. The molecule has 0 heterocycles. The maximum atomic E-state index is 11.2. The number of fused-ring (bicyclic) bond motifs is 1. The summed E-state index contributed by atoms with van der Waals surface area (Å²) in [5.74, 6) is -0.600. The largest absolute Gasteiger partial charge is 0.505 e. The van der Waals surface area contributed by atoms with Gasteiger partial charge < -0.3 is 15.9 Å². The Bertz CT molecular complexity index is 1110. The zero-order chi connectivity index (χ0) is 18.2. The highest BCUT2D eigenvalue weighted by Crippen LogP contribution is 2.39. The Morgan fingerprint density at radius 1 is 0.880 bits per heavy atom. The lowest BCUT2D eigenvalue weighted by Gasteiger charge is -2.06. The van der Waals surface area contributed by atoms with Crippen molar-refractivity contribution in [2.24, 2.45) is 10.2 Å². The molecule has 0 atom stereocenters. The van der Waals surface area contributed by atoms with Gasteiger partial charge in [-0.1, -0.05) is 30.3 Å². The zero-order valence-corrected chi connectivity index (χ0v) is 13.5. The monoisotopic (exact) mass is 359 g/mol. The van der Waals surface area contributed by atoms with Gasteiger partial charge in [0.05, 0.1) is 10.6 Å². The molecule has 0 spiro atoms. The molecular weight excluding hydrogens is 346 g/mol. The molecule has 0 radical (unpaired) electrons. The van der Waals surface area contributed by atoms with Crippen molar-refractivity contribution < 1.29 is 23.2 Å². The van der Waals surface area contributed by atoms with Crippen molar-refractivity contribution in [3.8, 4) is 11.5 Å². The highest BCUT2D eigenvalue weighted by atomic mass is 32.2. The Hall–Kier alpha value is -3.17. The predicted octanol–water partition coefficient (Wildman–Crippen LogP) is 3.50. The van der Waals surface area contributed by atoms with E-state index in [1.54, 1.807) is 18.2 Å². The lowest BCUT2D eigenvalue weighted by atomic mass is 10.1. The SMILES string of the molecule is Nc1cc(S(=O)(=O)O)cc(N=Nc2ccc3ccccc3c2O)c1O. The molecule has 3 rings (SSSR count). The van der Waals surface area contributed by atoms with Crippen molar-refractivity contribution in [2.75, 3.05) is 5.73 Å². The Morgan fingerprint density at radius 2 is 1.56 bits per heavy atom. The van der Waals surface area contributed by atoms with Crippen LogP contribution in [0.1, 0.15) is 0 Å². The summed E-state index contributed by atoms with van der Waals surface area (Å²) in [5, 5.41) is 29.1. The van der Waals surface area contributed by atoms with E-state index in [1.807, 2.05) is 12.1 Å². The molecule has 0 fully saturated rings. The van der Waals surface area contributed by atoms with Crippen molar-refractivity contribution in [2.45, 2.75) is 4.90 Å². The number of hydrogen-bond acceptors (Lipinski definition) is 7. The first kappa shape index (κ1) is 16.7. The number of rotatable bonds is 3. The number of phenols is 2. The molecule has 0 saturated heterocycles. The summed E-state index contributed by atoms with van der Waals surface area (Å²) in [4.78, 5) is -0.528. The van der Waals surface area contributed by atoms with Crippen molar-refractivity contribution in [1.29, 1.82) is 0 Å². The lowest BCUT2D eigenvalue weighted by Crippen LogP contribution is -1.99. The fraction of sp³-hybridized carbons (Fsp3) is 0. The third-order valence-corrected chi connectivity index (χ3v) is 4.37. The molecule has 5 N–H and O–H groups in total. The topological polar surface area (TPSA) is 146 Å². The molecule has 0 bridgehead atoms. The lowest BCUT2D eigenvalue weighted by molar-refractivity contribution is 0.475. The van der Waals surface area contributed by atoms with Gasteiger partial charge in [-0.2, -0.15) is 8.42 Å². The van der Waals surface area contributed by atoms with Crippen LogP contribution >= 0.6 is 0 Å². The second-order valence-electron chi connectivity index (χ2n) is 5.21. The molecule has 0 aliphatic carbocycles. The minimum atomic E-state index is -4.53. The van der Waals surface area contributed by atoms with E-state index in [0.29, 0.717) is 5.39 Å². The first-order chi connectivity index (χ1) is 11.8. The van der Waals surface area contributed by atoms with E-state index in [9.17, 15) is 18.6 Å². The number of phenolic OH excluding ortho intramolecular Hbond substituents is 2. The van der Waals surface area contributed by atoms with E-state index in [0.717, 1.165) is 17.5 Å². The summed E-state index contributed by atoms with van der Waals surface area (Å²) in [6, 6.07) is 12.2. The molecule has 25 heavy (non-hydrogen) atoms. The van der Waals surface area contributed by atoms with Crippen LogP contribution in [0, 0.1) is 0 Å². The second-order valence-corrected chi connectivity index (χ2v) is 6.63. The number of anilines is 1. The number of benzene rings is 3. The fourth-order valence-corrected chi connectivity index (χ4v) is 2.81. The van der Waals surface area contributed by atoms with Gasteiger partial charge >= 0.3 is 0 Å². The number of aromatic hydroxyl groups is 2. The van der Waals surface area contributed by atoms with Gasteiger partial charge in [0, 0.05) is 5.39 Å². The molecule has 0 amide bonds. The first-order valence-corrected chi connectivity index (χ1v) is 8.44. The van der Waals surface area contributed by atoms with Crippen LogP contribution in [0.25, 0.3) is 10.8 Å². The van der Waals surface area contributed by atoms with Crippen LogP contribution in [0.3, 0.4) is 0 Å². The molecule has 0 aliphatic rings. The van der Waals surface area contributed by atoms with Crippen molar-refractivity contribution >= 4 is 38.0 Å². The maximum absolute atomic E-state index is 11.2. The zero-order valence-electron chi connectivity index (χ0n) is 12.7. The second kappa shape index (κ2) is 6.04. The summed E-state index contributed by atoms with van der Waals surface area (Å²) in [6.45, 7) is 0. The average Bonchev–Trinajstić information content (AvgIpc) is 2.57. The normalized spacial score (nSPS) is 12.0. The summed E-state index contributed by atoms with van der Waals surface area (Å²) in [7, 11) is -4.53. The van der Waals surface area contributed by atoms with Crippen LogP contribution in [0.2, 0.25) is 0 Å². The van der Waals surface area contributed by atoms with Crippen molar-refractivity contribution in [3.05, 3.63) is 48.5 Å². The van der Waals surface area contributed by atoms with Crippen molar-refractivity contribution in [3.63, 3.8) is 0 Å². The highest BCUT2D eigenvalue weighted by molar-refractivity contribution is 7.85. The smallest absolute Gasteiger partial charge is 0.294 e. The van der Waals surface area contributed by atoms with E-state index in [2.05, 4.69) is 10.2 Å². The fourth-order valence-electron chi connectivity index (χ4n) is 2.27. The van der Waals surface area contributed by atoms with Gasteiger partial charge in [0.25, 0.3) is 10.1 Å². The minimum Gasteiger partial charge on any atom is -0.505 e. The summed E-state index contributed by atoms with van der Waals surface area (Å²) < 4.78 is 31.6. The van der Waals surface area contributed by atoms with Gasteiger partial charge in [-0.05, 0) is 23.6 Å². The minimum absolute atomic E-state index is 0.111. The van der Waals surface area contributed by atoms with E-state index in [4.69, 9.17) is 10.3 Å². The van der Waals surface area contributed by atoms with Gasteiger partial charge in [-0.25, -0.2) is 0 Å². The van der Waals surface area contributed by atoms with Crippen LogP contribution in [-0.4, -0.2) is 23.2 Å². The van der Waals surface area contributed by atoms with Crippen LogP contribution in [0.15, 0.2) is 63.7 Å². The van der Waals surface area contributed by atoms with E-state index in [1.165, 1.54) is 6.07 Å². The molecular formula is C16H13N3O5S. The first-order valence-electron chi connectivity index (χ1n) is 7.00. The number of nitrogens with zero attached hydrogens (tertiary/aromatic N) is 2. The van der Waals surface area contributed by atoms with Gasteiger partial charge in [-0.15, -0.1) is 10.2 Å². The van der Waals surface area contributed by atoms with Crippen LogP contribution in [0.5, 0.6) is 11.5 Å². The number of azo groups is 1. The van der Waals surface area contributed by atoms with Gasteiger partial charge in [-0.3, -0.25) is 4.55 Å². The number of nitrogens with two attached hydrogens (primary N) is 1. The average molecular weight is 359 g/mol. The van der Waals surface area contributed by atoms with E-state index >= 15 is 0 Å². The summed E-state index contributed by atoms with van der Waals surface area (Å²) in [5.41, 5.74) is 5.09. The van der Waals surface area contributed by atoms with E-state index in [-0.39, 0.29) is 22.8 Å².